The van der Waals surface area contributed by atoms with Crippen LogP contribution in [-0.4, -0.2) is 15.1 Å². The van der Waals surface area contributed by atoms with Crippen LogP contribution in [0.5, 0.6) is 0 Å². The molecule has 0 saturated heterocycles. The van der Waals surface area contributed by atoms with Crippen molar-refractivity contribution in [3.63, 3.8) is 0 Å². The fraction of sp³-hybridized carbons (Fsp3) is 0.308. The molecule has 0 unspecified atom stereocenters. The summed E-state index contributed by atoms with van der Waals surface area (Å²) in [6.45, 7) is 0. The third-order valence-electron chi connectivity index (χ3n) is 3.01. The van der Waals surface area contributed by atoms with Gasteiger partial charge in [-0.05, 0) is 25.0 Å². The predicted octanol–water partition coefficient (Wildman–Crippen LogP) is 3.38. The van der Waals surface area contributed by atoms with E-state index >= 15 is 0 Å². The standard InChI is InChI=1S/C13H11N3O2S/c1-2-4-10-9(3-1)14-13(17-10)19-7-11-15-12(18-16-11)8-5-6-8/h1-4,8H,5-7H2. The van der Waals surface area contributed by atoms with E-state index in [2.05, 4.69) is 15.1 Å². The molecule has 0 amide bonds. The normalized spacial score (nSPS) is 15.2. The van der Waals surface area contributed by atoms with E-state index in [1.165, 1.54) is 24.6 Å². The van der Waals surface area contributed by atoms with Gasteiger partial charge in [0.15, 0.2) is 11.4 Å². The summed E-state index contributed by atoms with van der Waals surface area (Å²) in [7, 11) is 0. The van der Waals surface area contributed by atoms with Crippen molar-refractivity contribution in [2.75, 3.05) is 0 Å². The minimum Gasteiger partial charge on any atom is -0.431 e. The maximum atomic E-state index is 5.62. The Morgan fingerprint density at radius 1 is 1.21 bits per heavy atom. The zero-order chi connectivity index (χ0) is 12.7. The number of rotatable bonds is 4. The highest BCUT2D eigenvalue weighted by molar-refractivity contribution is 7.98. The Labute approximate surface area is 113 Å². The van der Waals surface area contributed by atoms with E-state index in [0.29, 0.717) is 22.7 Å². The Hall–Kier alpha value is -1.82. The summed E-state index contributed by atoms with van der Waals surface area (Å²) in [6.07, 6.45) is 2.33. The van der Waals surface area contributed by atoms with Crippen molar-refractivity contribution in [1.29, 1.82) is 0 Å². The average Bonchev–Trinajstić information content (AvgIpc) is 3.03. The number of aromatic nitrogens is 3. The van der Waals surface area contributed by atoms with Gasteiger partial charge in [0.1, 0.15) is 5.52 Å². The van der Waals surface area contributed by atoms with Crippen LogP contribution >= 0.6 is 11.8 Å². The van der Waals surface area contributed by atoms with Gasteiger partial charge in [-0.3, -0.25) is 0 Å². The number of benzene rings is 1. The lowest BCUT2D eigenvalue weighted by molar-refractivity contribution is 0.375. The van der Waals surface area contributed by atoms with Gasteiger partial charge < -0.3 is 8.94 Å². The van der Waals surface area contributed by atoms with E-state index in [9.17, 15) is 0 Å². The minimum atomic E-state index is 0.496. The van der Waals surface area contributed by atoms with Crippen molar-refractivity contribution >= 4 is 22.9 Å². The van der Waals surface area contributed by atoms with Gasteiger partial charge >= 0.3 is 0 Å². The largest absolute Gasteiger partial charge is 0.431 e. The highest BCUT2D eigenvalue weighted by atomic mass is 32.2. The third-order valence-corrected chi connectivity index (χ3v) is 3.83. The van der Waals surface area contributed by atoms with Crippen LogP contribution in [-0.2, 0) is 5.75 Å². The topological polar surface area (TPSA) is 65.0 Å². The lowest BCUT2D eigenvalue weighted by Crippen LogP contribution is -1.84. The Morgan fingerprint density at radius 2 is 2.11 bits per heavy atom. The second kappa shape index (κ2) is 4.38. The molecule has 2 aromatic heterocycles. The number of para-hydroxylation sites is 2. The van der Waals surface area contributed by atoms with Gasteiger partial charge in [0.05, 0.1) is 5.75 Å². The highest BCUT2D eigenvalue weighted by Gasteiger charge is 2.29. The van der Waals surface area contributed by atoms with Gasteiger partial charge in [-0.25, -0.2) is 4.98 Å². The Balaban J connectivity index is 1.48. The predicted molar refractivity (Wildman–Crippen MR) is 69.8 cm³/mol. The molecule has 19 heavy (non-hydrogen) atoms. The summed E-state index contributed by atoms with van der Waals surface area (Å²) in [5.74, 6) is 2.58. The molecular weight excluding hydrogens is 262 g/mol. The average molecular weight is 273 g/mol. The van der Waals surface area contributed by atoms with Crippen molar-refractivity contribution in [3.8, 4) is 0 Å². The Morgan fingerprint density at radius 3 is 2.95 bits per heavy atom. The van der Waals surface area contributed by atoms with Crippen LogP contribution < -0.4 is 0 Å². The molecule has 1 aliphatic carbocycles. The molecule has 5 nitrogen and oxygen atoms in total. The van der Waals surface area contributed by atoms with E-state index in [4.69, 9.17) is 8.94 Å². The summed E-state index contributed by atoms with van der Waals surface area (Å²) >= 11 is 1.48. The molecule has 4 rings (SSSR count). The molecule has 0 N–H and O–H groups in total. The lowest BCUT2D eigenvalue weighted by Gasteiger charge is -1.89. The number of hydrogen-bond acceptors (Lipinski definition) is 6. The van der Waals surface area contributed by atoms with Crippen LogP contribution in [0.4, 0.5) is 0 Å². The maximum Gasteiger partial charge on any atom is 0.257 e. The van der Waals surface area contributed by atoms with Gasteiger partial charge in [-0.15, -0.1) is 0 Å². The molecular formula is C13H11N3O2S. The second-order valence-electron chi connectivity index (χ2n) is 4.56. The number of oxazole rings is 1. The van der Waals surface area contributed by atoms with Crippen molar-refractivity contribution in [3.05, 3.63) is 36.0 Å². The second-order valence-corrected chi connectivity index (χ2v) is 5.49. The van der Waals surface area contributed by atoms with Gasteiger partial charge in [0.25, 0.3) is 5.22 Å². The molecule has 0 atom stereocenters. The summed E-state index contributed by atoms with van der Waals surface area (Å²) in [5.41, 5.74) is 1.67. The van der Waals surface area contributed by atoms with Crippen molar-refractivity contribution in [2.45, 2.75) is 29.7 Å². The van der Waals surface area contributed by atoms with Gasteiger partial charge in [-0.1, -0.05) is 29.1 Å². The molecule has 96 valence electrons. The van der Waals surface area contributed by atoms with Crippen LogP contribution in [0.15, 0.2) is 38.4 Å². The molecule has 3 aromatic rings. The first kappa shape index (κ1) is 11.0. The number of fused-ring (bicyclic) bond motifs is 1. The summed E-state index contributed by atoms with van der Waals surface area (Å²) in [5, 5.41) is 4.61. The summed E-state index contributed by atoms with van der Waals surface area (Å²) < 4.78 is 10.8. The van der Waals surface area contributed by atoms with Gasteiger partial charge in [-0.2, -0.15) is 4.98 Å². The molecule has 0 aliphatic heterocycles. The number of hydrogen-bond donors (Lipinski definition) is 0. The number of nitrogens with zero attached hydrogens (tertiary/aromatic N) is 3. The molecule has 0 radical (unpaired) electrons. The molecule has 1 fully saturated rings. The van der Waals surface area contributed by atoms with E-state index in [0.717, 1.165) is 17.0 Å². The van der Waals surface area contributed by atoms with Gasteiger partial charge in [0.2, 0.25) is 5.89 Å². The molecule has 6 heteroatoms. The molecule has 0 bridgehead atoms. The zero-order valence-electron chi connectivity index (χ0n) is 10.1. The minimum absolute atomic E-state index is 0.496. The molecule has 1 aromatic carbocycles. The molecule has 1 aliphatic rings. The van der Waals surface area contributed by atoms with E-state index in [1.807, 2.05) is 24.3 Å². The van der Waals surface area contributed by atoms with E-state index < -0.39 is 0 Å². The van der Waals surface area contributed by atoms with Crippen LogP contribution in [0.2, 0.25) is 0 Å². The SMILES string of the molecule is c1ccc2oc(SCc3noc(C4CC4)n3)nc2c1. The fourth-order valence-electron chi connectivity index (χ4n) is 1.86. The third kappa shape index (κ3) is 2.23. The quantitative estimate of drug-likeness (QED) is 0.679. The fourth-order valence-corrected chi connectivity index (χ4v) is 2.54. The van der Waals surface area contributed by atoms with Crippen LogP contribution in [0.25, 0.3) is 11.1 Å². The van der Waals surface area contributed by atoms with Crippen LogP contribution in [0.3, 0.4) is 0 Å². The van der Waals surface area contributed by atoms with Crippen molar-refractivity contribution in [2.24, 2.45) is 0 Å². The molecule has 2 heterocycles. The number of thioether (sulfide) groups is 1. The van der Waals surface area contributed by atoms with E-state index in [1.54, 1.807) is 0 Å². The first-order valence-corrected chi connectivity index (χ1v) is 7.18. The molecule has 0 spiro atoms. The zero-order valence-corrected chi connectivity index (χ0v) is 10.9. The Bertz CT molecular complexity index is 684. The van der Waals surface area contributed by atoms with Crippen LogP contribution in [0.1, 0.15) is 30.5 Å². The smallest absolute Gasteiger partial charge is 0.257 e. The van der Waals surface area contributed by atoms with Crippen molar-refractivity contribution in [1.82, 2.24) is 15.1 Å². The monoisotopic (exact) mass is 273 g/mol. The summed E-state index contributed by atoms with van der Waals surface area (Å²) in [4.78, 5) is 8.77. The lowest BCUT2D eigenvalue weighted by atomic mass is 10.3. The van der Waals surface area contributed by atoms with Crippen LogP contribution in [0, 0.1) is 0 Å². The maximum absolute atomic E-state index is 5.62. The van der Waals surface area contributed by atoms with E-state index in [-0.39, 0.29) is 0 Å². The summed E-state index contributed by atoms with van der Waals surface area (Å²) in [6, 6.07) is 7.72. The first-order chi connectivity index (χ1) is 9.38. The van der Waals surface area contributed by atoms with Crippen molar-refractivity contribution < 1.29 is 8.94 Å². The molecule has 1 saturated carbocycles. The first-order valence-electron chi connectivity index (χ1n) is 6.19. The highest BCUT2D eigenvalue weighted by Crippen LogP contribution is 2.39. The Kier molecular flexibility index (Phi) is 2.55. The van der Waals surface area contributed by atoms with Gasteiger partial charge in [0, 0.05) is 5.92 Å².